The maximum absolute atomic E-state index is 5.36. The molecule has 0 aliphatic carbocycles. The van der Waals surface area contributed by atoms with Gasteiger partial charge in [0.1, 0.15) is 5.75 Å². The van der Waals surface area contributed by atoms with Gasteiger partial charge < -0.3 is 15.0 Å². The lowest BCUT2D eigenvalue weighted by Gasteiger charge is -2.18. The topological polar surface area (TPSA) is 24.5 Å². The minimum atomic E-state index is 0. The van der Waals surface area contributed by atoms with Crippen molar-refractivity contribution in [3.8, 4) is 5.75 Å². The first-order chi connectivity index (χ1) is 7.67. The molecule has 1 N–H and O–H groups in total. The normalized spacial score (nSPS) is 10.2. The number of ether oxygens (including phenoxy) is 1. The van der Waals surface area contributed by atoms with Gasteiger partial charge in [0, 0.05) is 29.7 Å². The third kappa shape index (κ3) is 5.73. The quantitative estimate of drug-likeness (QED) is 0.870. The highest BCUT2D eigenvalue weighted by Crippen LogP contribution is 2.24. The molecule has 0 aromatic heterocycles. The molecule has 0 saturated heterocycles. The van der Waals surface area contributed by atoms with Crippen LogP contribution >= 0.6 is 28.3 Å². The van der Waals surface area contributed by atoms with Gasteiger partial charge in [0.25, 0.3) is 0 Å². The van der Waals surface area contributed by atoms with Crippen molar-refractivity contribution in [2.24, 2.45) is 0 Å². The number of likely N-dealkylation sites (N-methyl/N-ethyl adjacent to an activating group) is 2. The molecule has 0 atom stereocenters. The lowest BCUT2D eigenvalue weighted by atomic mass is 10.2. The fourth-order valence-electron chi connectivity index (χ4n) is 1.52. The van der Waals surface area contributed by atoms with Gasteiger partial charge in [-0.25, -0.2) is 0 Å². The van der Waals surface area contributed by atoms with Crippen molar-refractivity contribution >= 4 is 28.3 Å². The van der Waals surface area contributed by atoms with Crippen LogP contribution in [-0.4, -0.2) is 39.2 Å². The highest BCUT2D eigenvalue weighted by molar-refractivity contribution is 9.10. The SMILES string of the molecule is CNCCN(C)Cc1ccc(Br)cc1OC.Cl. The number of hydrogen-bond donors (Lipinski definition) is 1. The van der Waals surface area contributed by atoms with Crippen molar-refractivity contribution < 1.29 is 4.74 Å². The Bertz CT molecular complexity index is 336. The number of nitrogens with zero attached hydrogens (tertiary/aromatic N) is 1. The summed E-state index contributed by atoms with van der Waals surface area (Å²) < 4.78 is 6.41. The van der Waals surface area contributed by atoms with Crippen molar-refractivity contribution in [3.05, 3.63) is 28.2 Å². The summed E-state index contributed by atoms with van der Waals surface area (Å²) >= 11 is 3.44. The fraction of sp³-hybridized carbons (Fsp3) is 0.500. The molecule has 1 rings (SSSR count). The molecule has 0 radical (unpaired) electrons. The highest BCUT2D eigenvalue weighted by atomic mass is 79.9. The summed E-state index contributed by atoms with van der Waals surface area (Å²) in [6.45, 7) is 2.92. The van der Waals surface area contributed by atoms with E-state index in [2.05, 4.69) is 39.3 Å². The van der Waals surface area contributed by atoms with Crippen LogP contribution in [0.3, 0.4) is 0 Å². The summed E-state index contributed by atoms with van der Waals surface area (Å²) in [5, 5.41) is 3.14. The molecule has 0 amide bonds. The Labute approximate surface area is 118 Å². The predicted octanol–water partition coefficient (Wildman–Crippen LogP) is 2.53. The van der Waals surface area contributed by atoms with Gasteiger partial charge in [0.2, 0.25) is 0 Å². The second-order valence-electron chi connectivity index (χ2n) is 3.80. The van der Waals surface area contributed by atoms with Gasteiger partial charge in [-0.05, 0) is 26.2 Å². The standard InChI is InChI=1S/C12H19BrN2O.ClH/c1-14-6-7-15(2)9-10-4-5-11(13)8-12(10)16-3;/h4-5,8,14H,6-7,9H2,1-3H3;1H. The largest absolute Gasteiger partial charge is 0.496 e. The van der Waals surface area contributed by atoms with Gasteiger partial charge in [0.05, 0.1) is 7.11 Å². The minimum Gasteiger partial charge on any atom is -0.496 e. The van der Waals surface area contributed by atoms with Crippen molar-refractivity contribution in [2.45, 2.75) is 6.54 Å². The Morgan fingerprint density at radius 1 is 1.41 bits per heavy atom. The number of benzene rings is 1. The Morgan fingerprint density at radius 3 is 2.71 bits per heavy atom. The van der Waals surface area contributed by atoms with E-state index >= 15 is 0 Å². The summed E-state index contributed by atoms with van der Waals surface area (Å²) in [6, 6.07) is 6.14. The van der Waals surface area contributed by atoms with Crippen molar-refractivity contribution in [2.75, 3.05) is 34.3 Å². The molecule has 17 heavy (non-hydrogen) atoms. The van der Waals surface area contributed by atoms with Gasteiger partial charge in [-0.15, -0.1) is 12.4 Å². The van der Waals surface area contributed by atoms with E-state index in [9.17, 15) is 0 Å². The lowest BCUT2D eigenvalue weighted by Crippen LogP contribution is -2.27. The van der Waals surface area contributed by atoms with E-state index in [1.54, 1.807) is 7.11 Å². The van der Waals surface area contributed by atoms with Crippen LogP contribution in [-0.2, 0) is 6.54 Å². The van der Waals surface area contributed by atoms with Crippen LogP contribution < -0.4 is 10.1 Å². The maximum Gasteiger partial charge on any atom is 0.124 e. The number of nitrogens with one attached hydrogen (secondary N) is 1. The van der Waals surface area contributed by atoms with E-state index in [0.29, 0.717) is 0 Å². The zero-order valence-electron chi connectivity index (χ0n) is 10.5. The average molecular weight is 324 g/mol. The van der Waals surface area contributed by atoms with Crippen LogP contribution in [0.15, 0.2) is 22.7 Å². The molecule has 3 nitrogen and oxygen atoms in total. The van der Waals surface area contributed by atoms with Crippen LogP contribution in [0.1, 0.15) is 5.56 Å². The molecule has 0 heterocycles. The molecule has 0 aliphatic heterocycles. The predicted molar refractivity (Wildman–Crippen MR) is 78.2 cm³/mol. The van der Waals surface area contributed by atoms with Gasteiger partial charge >= 0.3 is 0 Å². The second-order valence-corrected chi connectivity index (χ2v) is 4.71. The molecule has 5 heteroatoms. The zero-order chi connectivity index (χ0) is 12.0. The van der Waals surface area contributed by atoms with E-state index < -0.39 is 0 Å². The first kappa shape index (κ1) is 16.7. The molecule has 0 bridgehead atoms. The summed E-state index contributed by atoms with van der Waals surface area (Å²) in [5.74, 6) is 0.936. The summed E-state index contributed by atoms with van der Waals surface area (Å²) in [5.41, 5.74) is 1.21. The van der Waals surface area contributed by atoms with Crippen LogP contribution in [0, 0.1) is 0 Å². The summed E-state index contributed by atoms with van der Waals surface area (Å²) in [7, 11) is 5.78. The Balaban J connectivity index is 0.00000256. The van der Waals surface area contributed by atoms with Crippen LogP contribution in [0.5, 0.6) is 5.75 Å². The molecule has 0 fully saturated rings. The smallest absolute Gasteiger partial charge is 0.124 e. The lowest BCUT2D eigenvalue weighted by molar-refractivity contribution is 0.318. The average Bonchev–Trinajstić information content (AvgIpc) is 2.28. The van der Waals surface area contributed by atoms with Crippen molar-refractivity contribution in [1.29, 1.82) is 0 Å². The second kappa shape index (κ2) is 8.75. The third-order valence-electron chi connectivity index (χ3n) is 2.43. The van der Waals surface area contributed by atoms with E-state index in [0.717, 1.165) is 29.9 Å². The zero-order valence-corrected chi connectivity index (χ0v) is 12.9. The molecule has 0 unspecified atom stereocenters. The molecule has 0 aliphatic rings. The van der Waals surface area contributed by atoms with Crippen LogP contribution in [0.4, 0.5) is 0 Å². The highest BCUT2D eigenvalue weighted by Gasteiger charge is 2.06. The van der Waals surface area contributed by atoms with Gasteiger partial charge in [-0.3, -0.25) is 0 Å². The first-order valence-corrected chi connectivity index (χ1v) is 6.12. The van der Waals surface area contributed by atoms with E-state index in [-0.39, 0.29) is 12.4 Å². The molecule has 1 aromatic carbocycles. The van der Waals surface area contributed by atoms with Gasteiger partial charge in [-0.1, -0.05) is 22.0 Å². The van der Waals surface area contributed by atoms with Gasteiger partial charge in [-0.2, -0.15) is 0 Å². The monoisotopic (exact) mass is 322 g/mol. The van der Waals surface area contributed by atoms with Crippen molar-refractivity contribution in [1.82, 2.24) is 10.2 Å². The molecular weight excluding hydrogens is 304 g/mol. The molecule has 0 spiro atoms. The number of rotatable bonds is 6. The molecule has 0 saturated carbocycles. The Kier molecular flexibility index (Phi) is 8.60. The van der Waals surface area contributed by atoms with Gasteiger partial charge in [0.15, 0.2) is 0 Å². The fourth-order valence-corrected chi connectivity index (χ4v) is 1.86. The third-order valence-corrected chi connectivity index (χ3v) is 2.93. The number of hydrogen-bond acceptors (Lipinski definition) is 3. The maximum atomic E-state index is 5.36. The number of halogens is 2. The van der Waals surface area contributed by atoms with Crippen LogP contribution in [0.2, 0.25) is 0 Å². The van der Waals surface area contributed by atoms with Crippen LogP contribution in [0.25, 0.3) is 0 Å². The Hall–Kier alpha value is -0.290. The Morgan fingerprint density at radius 2 is 2.12 bits per heavy atom. The molecular formula is C12H20BrClN2O. The summed E-state index contributed by atoms with van der Waals surface area (Å²) in [4.78, 5) is 2.27. The first-order valence-electron chi connectivity index (χ1n) is 5.33. The number of methoxy groups -OCH3 is 1. The molecule has 1 aromatic rings. The minimum absolute atomic E-state index is 0. The van der Waals surface area contributed by atoms with E-state index in [4.69, 9.17) is 4.74 Å². The van der Waals surface area contributed by atoms with E-state index in [1.807, 2.05) is 19.2 Å². The summed E-state index contributed by atoms with van der Waals surface area (Å²) in [6.07, 6.45) is 0. The van der Waals surface area contributed by atoms with E-state index in [1.165, 1.54) is 5.56 Å². The van der Waals surface area contributed by atoms with Crippen molar-refractivity contribution in [3.63, 3.8) is 0 Å². The molecule has 98 valence electrons.